The van der Waals surface area contributed by atoms with E-state index in [1.54, 1.807) is 12.3 Å². The Labute approximate surface area is 167 Å². The Kier molecular flexibility index (Phi) is 6.19. The zero-order valence-electron chi connectivity index (χ0n) is 15.3. The molecule has 0 aliphatic heterocycles. The van der Waals surface area contributed by atoms with Crippen molar-refractivity contribution in [2.45, 2.75) is 20.3 Å². The second-order valence-electron chi connectivity index (χ2n) is 6.83. The van der Waals surface area contributed by atoms with Gasteiger partial charge in [0.1, 0.15) is 17.2 Å². The summed E-state index contributed by atoms with van der Waals surface area (Å²) in [6.45, 7) is 6.08. The van der Waals surface area contributed by atoms with E-state index >= 15 is 0 Å². The topological polar surface area (TPSA) is 70.8 Å². The molecule has 0 aliphatic carbocycles. The highest BCUT2D eigenvalue weighted by molar-refractivity contribution is 6.33. The van der Waals surface area contributed by atoms with Gasteiger partial charge in [0.2, 0.25) is 0 Å². The van der Waals surface area contributed by atoms with Crippen molar-refractivity contribution in [3.05, 3.63) is 40.4 Å². The molecule has 5 nitrogen and oxygen atoms in total. The number of halogens is 3. The van der Waals surface area contributed by atoms with Crippen molar-refractivity contribution in [1.29, 1.82) is 0 Å². The van der Waals surface area contributed by atoms with Gasteiger partial charge in [-0.2, -0.15) is 0 Å². The maximum atomic E-state index is 14.7. The Hall–Kier alpha value is -1.89. The number of nitrogens with zero attached hydrogens (tertiary/aromatic N) is 3. The lowest BCUT2D eigenvalue weighted by molar-refractivity contribution is 0.570. The van der Waals surface area contributed by atoms with Gasteiger partial charge in [-0.15, -0.1) is 0 Å². The molecule has 3 rings (SSSR count). The van der Waals surface area contributed by atoms with Gasteiger partial charge in [0.25, 0.3) is 0 Å². The number of nitrogens with one attached hydrogen (secondary N) is 1. The number of fused-ring (bicyclic) bond motifs is 1. The Bertz CT molecular complexity index is 941. The summed E-state index contributed by atoms with van der Waals surface area (Å²) in [5.74, 6) is 0.551. The van der Waals surface area contributed by atoms with Crippen molar-refractivity contribution in [2.75, 3.05) is 24.5 Å². The van der Waals surface area contributed by atoms with E-state index in [1.165, 1.54) is 12.3 Å². The van der Waals surface area contributed by atoms with Crippen LogP contribution in [0.3, 0.4) is 0 Å². The van der Waals surface area contributed by atoms with Crippen LogP contribution in [0.4, 0.5) is 10.2 Å². The fourth-order valence-electron chi connectivity index (χ4n) is 2.93. The number of aromatic amines is 1. The van der Waals surface area contributed by atoms with E-state index in [0.717, 1.165) is 13.0 Å². The average Bonchev–Trinajstić information content (AvgIpc) is 3.02. The fourth-order valence-corrected chi connectivity index (χ4v) is 3.35. The first kappa shape index (κ1) is 19.9. The molecule has 0 spiro atoms. The summed E-state index contributed by atoms with van der Waals surface area (Å²) < 4.78 is 14.7. The molecular formula is C19H22Cl2FN5. The Morgan fingerprint density at radius 1 is 1.26 bits per heavy atom. The molecule has 0 bridgehead atoms. The molecule has 3 aromatic rings. The van der Waals surface area contributed by atoms with Crippen LogP contribution in [0.25, 0.3) is 22.3 Å². The van der Waals surface area contributed by atoms with E-state index in [2.05, 4.69) is 28.8 Å². The molecule has 0 radical (unpaired) electrons. The molecule has 27 heavy (non-hydrogen) atoms. The van der Waals surface area contributed by atoms with Crippen LogP contribution < -0.4 is 10.6 Å². The zero-order valence-corrected chi connectivity index (χ0v) is 16.8. The zero-order chi connectivity index (χ0) is 19.6. The number of pyridine rings is 2. The number of H-pyrrole nitrogens is 1. The molecule has 0 fully saturated rings. The van der Waals surface area contributed by atoms with Crippen LogP contribution in [-0.4, -0.2) is 34.6 Å². The summed E-state index contributed by atoms with van der Waals surface area (Å²) in [6.07, 6.45) is 4.17. The number of rotatable bonds is 7. The first-order valence-electron chi connectivity index (χ1n) is 8.84. The third-order valence-corrected chi connectivity index (χ3v) is 4.82. The fraction of sp³-hybridized carbons (Fsp3) is 0.368. The molecule has 0 saturated carbocycles. The maximum Gasteiger partial charge on any atom is 0.151 e. The van der Waals surface area contributed by atoms with Crippen molar-refractivity contribution < 1.29 is 4.39 Å². The summed E-state index contributed by atoms with van der Waals surface area (Å²) in [5.41, 5.74) is 7.17. The van der Waals surface area contributed by atoms with Crippen molar-refractivity contribution in [2.24, 2.45) is 11.7 Å². The first-order chi connectivity index (χ1) is 12.9. The van der Waals surface area contributed by atoms with Crippen LogP contribution in [0.5, 0.6) is 0 Å². The first-order valence-corrected chi connectivity index (χ1v) is 9.60. The third-order valence-electron chi connectivity index (χ3n) is 4.34. The van der Waals surface area contributed by atoms with Gasteiger partial charge in [0, 0.05) is 43.0 Å². The predicted octanol–water partition coefficient (Wildman–Crippen LogP) is 4.88. The van der Waals surface area contributed by atoms with E-state index in [-0.39, 0.29) is 10.7 Å². The SMILES string of the molecule is CC(C)CCN(CCN)c1nc(-c2c[nH]c3ncc(Cl)cc23)c(F)cc1Cl. The summed E-state index contributed by atoms with van der Waals surface area (Å²) in [7, 11) is 0. The van der Waals surface area contributed by atoms with E-state index in [4.69, 9.17) is 28.9 Å². The molecule has 0 aromatic carbocycles. The van der Waals surface area contributed by atoms with Crippen molar-refractivity contribution in [1.82, 2.24) is 15.0 Å². The predicted molar refractivity (Wildman–Crippen MR) is 110 cm³/mol. The van der Waals surface area contributed by atoms with Gasteiger partial charge in [-0.05, 0) is 24.5 Å². The van der Waals surface area contributed by atoms with Gasteiger partial charge in [0.15, 0.2) is 5.82 Å². The minimum atomic E-state index is -0.499. The second kappa shape index (κ2) is 8.42. The van der Waals surface area contributed by atoms with Crippen molar-refractivity contribution in [3.8, 4) is 11.3 Å². The Morgan fingerprint density at radius 3 is 2.74 bits per heavy atom. The monoisotopic (exact) mass is 409 g/mol. The smallest absolute Gasteiger partial charge is 0.151 e. The molecule has 3 aromatic heterocycles. The van der Waals surface area contributed by atoms with Gasteiger partial charge in [-0.3, -0.25) is 0 Å². The molecular weight excluding hydrogens is 388 g/mol. The van der Waals surface area contributed by atoms with Gasteiger partial charge in [0.05, 0.1) is 10.0 Å². The second-order valence-corrected chi connectivity index (χ2v) is 7.68. The van der Waals surface area contributed by atoms with E-state index in [0.29, 0.717) is 46.4 Å². The van der Waals surface area contributed by atoms with Gasteiger partial charge >= 0.3 is 0 Å². The summed E-state index contributed by atoms with van der Waals surface area (Å²) in [6, 6.07) is 3.04. The molecule has 0 unspecified atom stereocenters. The van der Waals surface area contributed by atoms with Crippen LogP contribution in [0.2, 0.25) is 10.0 Å². The Balaban J connectivity index is 2.08. The minimum absolute atomic E-state index is 0.205. The molecule has 0 atom stereocenters. The molecule has 3 heterocycles. The largest absolute Gasteiger partial charge is 0.354 e. The molecule has 0 aliphatic rings. The van der Waals surface area contributed by atoms with E-state index in [9.17, 15) is 4.39 Å². The van der Waals surface area contributed by atoms with Gasteiger partial charge in [-0.1, -0.05) is 37.0 Å². The highest BCUT2D eigenvalue weighted by Gasteiger charge is 2.20. The van der Waals surface area contributed by atoms with Crippen LogP contribution >= 0.6 is 23.2 Å². The lowest BCUT2D eigenvalue weighted by atomic mass is 10.1. The molecule has 144 valence electrons. The van der Waals surface area contributed by atoms with Crippen LogP contribution in [0, 0.1) is 11.7 Å². The number of hydrogen-bond acceptors (Lipinski definition) is 4. The third kappa shape index (κ3) is 4.34. The molecule has 8 heteroatoms. The molecule has 0 amide bonds. The van der Waals surface area contributed by atoms with Crippen LogP contribution in [-0.2, 0) is 0 Å². The number of hydrogen-bond donors (Lipinski definition) is 2. The van der Waals surface area contributed by atoms with Gasteiger partial charge in [-0.25, -0.2) is 14.4 Å². The van der Waals surface area contributed by atoms with Crippen molar-refractivity contribution in [3.63, 3.8) is 0 Å². The Morgan fingerprint density at radius 2 is 2.04 bits per heavy atom. The molecule has 3 N–H and O–H groups in total. The summed E-state index contributed by atoms with van der Waals surface area (Å²) >= 11 is 12.4. The van der Waals surface area contributed by atoms with Crippen LogP contribution in [0.15, 0.2) is 24.5 Å². The summed E-state index contributed by atoms with van der Waals surface area (Å²) in [4.78, 5) is 13.8. The highest BCUT2D eigenvalue weighted by atomic mass is 35.5. The average molecular weight is 410 g/mol. The number of nitrogens with two attached hydrogens (primary N) is 1. The van der Waals surface area contributed by atoms with E-state index < -0.39 is 5.82 Å². The lowest BCUT2D eigenvalue weighted by Crippen LogP contribution is -2.32. The number of anilines is 1. The molecule has 0 saturated heterocycles. The number of aromatic nitrogens is 3. The van der Waals surface area contributed by atoms with Crippen LogP contribution in [0.1, 0.15) is 20.3 Å². The maximum absolute atomic E-state index is 14.7. The minimum Gasteiger partial charge on any atom is -0.354 e. The van der Waals surface area contributed by atoms with Gasteiger partial charge < -0.3 is 15.6 Å². The quantitative estimate of drug-likeness (QED) is 0.582. The van der Waals surface area contributed by atoms with Crippen molar-refractivity contribution >= 4 is 40.1 Å². The van der Waals surface area contributed by atoms with E-state index in [1.807, 2.05) is 4.90 Å². The highest BCUT2D eigenvalue weighted by Crippen LogP contribution is 2.34. The lowest BCUT2D eigenvalue weighted by Gasteiger charge is -2.25. The standard InChI is InChI=1S/C19H22Cl2FN5/c1-11(2)3-5-27(6-4-23)19-15(21)8-16(22)17(26-19)14-10-25-18-13(14)7-12(20)9-24-18/h7-11H,3-6,23H2,1-2H3,(H,24,25). The normalized spacial score (nSPS) is 11.5. The summed E-state index contributed by atoms with van der Waals surface area (Å²) in [5, 5.41) is 1.44.